The van der Waals surface area contributed by atoms with E-state index in [1.807, 2.05) is 0 Å². The minimum absolute atomic E-state index is 0. The molecular formula is C10H15ClOZn. The Hall–Kier alpha value is -0.0666. The summed E-state index contributed by atoms with van der Waals surface area (Å²) in [5, 5.41) is 1.46. The molecular weight excluding hydrogens is 237 g/mol. The van der Waals surface area contributed by atoms with Crippen molar-refractivity contribution in [1.29, 1.82) is 0 Å². The number of hydrogen-bond acceptors (Lipinski definition) is 1. The predicted octanol–water partition coefficient (Wildman–Crippen LogP) is 2.65. The maximum absolute atomic E-state index is 5.09. The first-order chi connectivity index (χ1) is 5.86. The van der Waals surface area contributed by atoms with Crippen molar-refractivity contribution in [3.8, 4) is 5.75 Å². The smallest absolute Gasteiger partial charge is 0.147 e. The van der Waals surface area contributed by atoms with Gasteiger partial charge in [0.05, 0.1) is 0 Å². The maximum atomic E-state index is 5.09. The largest absolute Gasteiger partial charge is 0.147 e. The molecule has 13 heavy (non-hydrogen) atoms. The Bertz CT molecular complexity index is 223. The molecule has 1 nitrogen and oxygen atoms in total. The Balaban J connectivity index is 0.00000144. The number of hydrogen-bond donors (Lipinski definition) is 0. The van der Waals surface area contributed by atoms with Crippen molar-refractivity contribution in [2.24, 2.45) is 0 Å². The van der Waals surface area contributed by atoms with E-state index < -0.39 is 17.1 Å². The first-order valence-electron chi connectivity index (χ1n) is 4.49. The van der Waals surface area contributed by atoms with E-state index in [9.17, 15) is 0 Å². The van der Waals surface area contributed by atoms with Crippen LogP contribution in [0.2, 0.25) is 5.02 Å². The molecule has 0 atom stereocenters. The van der Waals surface area contributed by atoms with Crippen molar-refractivity contribution in [2.75, 3.05) is 7.11 Å². The third kappa shape index (κ3) is 4.64. The fourth-order valence-electron chi connectivity index (χ4n) is 1.17. The van der Waals surface area contributed by atoms with E-state index in [1.165, 1.54) is 11.4 Å². The van der Waals surface area contributed by atoms with Crippen LogP contribution in [0.15, 0.2) is 24.3 Å². The summed E-state index contributed by atoms with van der Waals surface area (Å²) in [5.41, 5.74) is 0. The zero-order valence-electron chi connectivity index (χ0n) is 8.25. The molecule has 1 rings (SSSR count). The topological polar surface area (TPSA) is 9.23 Å². The van der Waals surface area contributed by atoms with Gasteiger partial charge in [0, 0.05) is 0 Å². The minimum Gasteiger partial charge on any atom is -0.147 e. The summed E-state index contributed by atoms with van der Waals surface area (Å²) in [6, 6.07) is 8.56. The molecule has 0 aliphatic carbocycles. The van der Waals surface area contributed by atoms with Gasteiger partial charge in [-0.05, 0) is 0 Å². The Morgan fingerprint density at radius 3 is 2.31 bits per heavy atom. The first kappa shape index (κ1) is 12.9. The van der Waals surface area contributed by atoms with Crippen molar-refractivity contribution < 1.29 is 21.9 Å². The van der Waals surface area contributed by atoms with E-state index in [0.29, 0.717) is 0 Å². The molecule has 0 spiro atoms. The summed E-state index contributed by atoms with van der Waals surface area (Å²) < 4.78 is 6.68. The van der Waals surface area contributed by atoms with Gasteiger partial charge in [0.15, 0.2) is 0 Å². The normalized spacial score (nSPS) is 8.46. The molecule has 0 amide bonds. The summed E-state index contributed by atoms with van der Waals surface area (Å²) in [6.45, 7) is 2.26. The van der Waals surface area contributed by atoms with Crippen LogP contribution in [-0.4, -0.2) is 7.11 Å². The predicted molar refractivity (Wildman–Crippen MR) is 55.0 cm³/mol. The summed E-state index contributed by atoms with van der Waals surface area (Å²) in [5.74, 6) is 0.970. The summed E-state index contributed by atoms with van der Waals surface area (Å²) in [6.07, 6.45) is 1.34. The fourth-order valence-corrected chi connectivity index (χ4v) is 3.97. The minimum atomic E-state index is -0.401. The molecule has 1 aromatic carbocycles. The molecule has 0 unspecified atom stereocenters. The van der Waals surface area contributed by atoms with Gasteiger partial charge in [-0.1, -0.05) is 0 Å². The van der Waals surface area contributed by atoms with Gasteiger partial charge in [-0.3, -0.25) is 0 Å². The first-order valence-corrected chi connectivity index (χ1v) is 8.08. The zero-order chi connectivity index (χ0) is 8.81. The summed E-state index contributed by atoms with van der Waals surface area (Å²) >= 11 is -0.401. The molecule has 1 aromatic rings. The van der Waals surface area contributed by atoms with Crippen LogP contribution in [-0.2, 0) is 17.1 Å². The third-order valence-corrected chi connectivity index (χ3v) is 6.40. The van der Waals surface area contributed by atoms with E-state index in [2.05, 4.69) is 31.2 Å². The van der Waals surface area contributed by atoms with Crippen molar-refractivity contribution in [1.82, 2.24) is 0 Å². The van der Waals surface area contributed by atoms with Crippen LogP contribution in [0.5, 0.6) is 5.75 Å². The second-order valence-corrected chi connectivity index (χ2v) is 7.20. The fraction of sp³-hybridized carbons (Fsp3) is 0.400. The average Bonchev–Trinajstić information content (AvgIpc) is 2.15. The second kappa shape index (κ2) is 7.35. The Morgan fingerprint density at radius 2 is 1.85 bits per heavy atom. The molecule has 0 aliphatic rings. The van der Waals surface area contributed by atoms with Crippen LogP contribution in [0.1, 0.15) is 13.3 Å². The molecule has 0 radical (unpaired) electrons. The quantitative estimate of drug-likeness (QED) is 0.748. The van der Waals surface area contributed by atoms with Crippen LogP contribution in [0.25, 0.3) is 0 Å². The van der Waals surface area contributed by atoms with Crippen molar-refractivity contribution in [3.63, 3.8) is 0 Å². The monoisotopic (exact) mass is 250 g/mol. The molecule has 3 heteroatoms. The van der Waals surface area contributed by atoms with Gasteiger partial charge in [0.1, 0.15) is 0 Å². The molecule has 0 fully saturated rings. The van der Waals surface area contributed by atoms with Gasteiger partial charge < -0.3 is 0 Å². The molecule has 0 aromatic heterocycles. The van der Waals surface area contributed by atoms with Gasteiger partial charge in [0.25, 0.3) is 0 Å². The third-order valence-electron chi connectivity index (χ3n) is 1.98. The maximum Gasteiger partial charge on any atom is -0.147 e. The van der Waals surface area contributed by atoms with E-state index in [4.69, 9.17) is 4.74 Å². The van der Waals surface area contributed by atoms with Crippen LogP contribution in [0.4, 0.5) is 0 Å². The number of benzene rings is 1. The Morgan fingerprint density at radius 1 is 1.23 bits per heavy atom. The van der Waals surface area contributed by atoms with Gasteiger partial charge in [0.2, 0.25) is 0 Å². The molecule has 0 saturated carbocycles. The number of halogens is 1. The number of rotatable bonds is 4. The molecule has 0 heterocycles. The standard InChI is InChI=1S/C7H7O.C3H7.ClH.Zn/c1-8-7-5-3-2-4-6-7;1-3-2;;/h3-6H,1H3;1,3H2,2H3;1H;. The van der Waals surface area contributed by atoms with Gasteiger partial charge in [-0.2, -0.15) is 0 Å². The van der Waals surface area contributed by atoms with Crippen molar-refractivity contribution in [3.05, 3.63) is 24.3 Å². The molecule has 0 bridgehead atoms. The molecule has 0 saturated heterocycles. The average molecular weight is 252 g/mol. The Kier molecular flexibility index (Phi) is 7.31. The van der Waals surface area contributed by atoms with Crippen molar-refractivity contribution in [2.45, 2.75) is 18.4 Å². The van der Waals surface area contributed by atoms with E-state index in [0.717, 1.165) is 5.75 Å². The molecule has 0 aliphatic heterocycles. The van der Waals surface area contributed by atoms with Crippen LogP contribution >= 0.6 is 12.4 Å². The van der Waals surface area contributed by atoms with Gasteiger partial charge in [-0.15, -0.1) is 12.4 Å². The zero-order valence-corrected chi connectivity index (χ0v) is 12.0. The van der Waals surface area contributed by atoms with Crippen LogP contribution in [0.3, 0.4) is 0 Å². The molecule has 70 valence electrons. The Labute approximate surface area is 93.9 Å². The van der Waals surface area contributed by atoms with E-state index >= 15 is 0 Å². The van der Waals surface area contributed by atoms with E-state index in [1.54, 1.807) is 11.3 Å². The van der Waals surface area contributed by atoms with Gasteiger partial charge in [-0.25, -0.2) is 0 Å². The molecule has 0 N–H and O–H groups in total. The second-order valence-electron chi connectivity index (χ2n) is 2.95. The SMILES string of the molecule is CC[CH2][Zn][c]1ccc(OC)cc1.Cl. The van der Waals surface area contributed by atoms with Crippen LogP contribution < -0.4 is 8.89 Å². The van der Waals surface area contributed by atoms with E-state index in [-0.39, 0.29) is 12.4 Å². The number of ether oxygens (including phenoxy) is 1. The summed E-state index contributed by atoms with van der Waals surface area (Å²) in [7, 11) is 1.71. The summed E-state index contributed by atoms with van der Waals surface area (Å²) in [4.78, 5) is 0. The van der Waals surface area contributed by atoms with Crippen LogP contribution in [0, 0.1) is 0 Å². The van der Waals surface area contributed by atoms with Gasteiger partial charge >= 0.3 is 81.5 Å². The number of methoxy groups -OCH3 is 1. The van der Waals surface area contributed by atoms with Crippen molar-refractivity contribution >= 4 is 16.6 Å².